The predicted molar refractivity (Wildman–Crippen MR) is 78.5 cm³/mol. The molecule has 0 fully saturated rings. The Morgan fingerprint density at radius 1 is 0.938 bits per heavy atom. The fourth-order valence-corrected chi connectivity index (χ4v) is 2.77. The van der Waals surface area contributed by atoms with Crippen molar-refractivity contribution in [3.63, 3.8) is 0 Å². The van der Waals surface area contributed by atoms with E-state index < -0.39 is 0 Å². The Labute approximate surface area is 107 Å². The molecule has 0 saturated carbocycles. The highest BCUT2D eigenvalue weighted by molar-refractivity contribution is 7.99. The maximum atomic E-state index is 3.60. The molecule has 0 aliphatic rings. The first-order chi connectivity index (χ1) is 7.85. The lowest BCUT2D eigenvalue weighted by Gasteiger charge is -2.16. The van der Waals surface area contributed by atoms with Gasteiger partial charge in [0.25, 0.3) is 0 Å². The van der Waals surface area contributed by atoms with Gasteiger partial charge in [0.1, 0.15) is 0 Å². The predicted octanol–water partition coefficient (Wildman–Crippen LogP) is 4.47. The highest BCUT2D eigenvalue weighted by Crippen LogP contribution is 2.11. The van der Waals surface area contributed by atoms with E-state index >= 15 is 0 Å². The first-order valence-corrected chi connectivity index (χ1v) is 8.31. The third-order valence-corrected chi connectivity index (χ3v) is 3.97. The number of rotatable bonds is 12. The molecule has 0 saturated heterocycles. The van der Waals surface area contributed by atoms with E-state index in [1.165, 1.54) is 56.5 Å². The zero-order valence-electron chi connectivity index (χ0n) is 11.6. The van der Waals surface area contributed by atoms with Crippen molar-refractivity contribution in [3.05, 3.63) is 0 Å². The number of nitrogens with one attached hydrogen (secondary N) is 1. The van der Waals surface area contributed by atoms with Gasteiger partial charge < -0.3 is 5.32 Å². The molecule has 0 spiro atoms. The van der Waals surface area contributed by atoms with Gasteiger partial charge in [0.05, 0.1) is 0 Å². The SMILES string of the molecule is CCCCCCCCC(CSCC)NCC. The van der Waals surface area contributed by atoms with Crippen LogP contribution in [0.5, 0.6) is 0 Å². The molecule has 0 heterocycles. The minimum atomic E-state index is 0.751. The average molecular weight is 245 g/mol. The van der Waals surface area contributed by atoms with Gasteiger partial charge in [0, 0.05) is 11.8 Å². The average Bonchev–Trinajstić information content (AvgIpc) is 2.30. The van der Waals surface area contributed by atoms with Crippen molar-refractivity contribution in [2.75, 3.05) is 18.1 Å². The second kappa shape index (κ2) is 13.4. The molecule has 1 atom stereocenters. The third-order valence-electron chi connectivity index (χ3n) is 2.92. The smallest absolute Gasteiger partial charge is 0.0158 e. The van der Waals surface area contributed by atoms with Gasteiger partial charge in [-0.3, -0.25) is 0 Å². The highest BCUT2D eigenvalue weighted by Gasteiger charge is 2.05. The molecule has 0 aliphatic carbocycles. The summed E-state index contributed by atoms with van der Waals surface area (Å²) in [6.45, 7) is 7.86. The Bertz CT molecular complexity index is 128. The van der Waals surface area contributed by atoms with Gasteiger partial charge in [-0.05, 0) is 18.7 Å². The maximum Gasteiger partial charge on any atom is 0.0158 e. The molecule has 1 nitrogen and oxygen atoms in total. The zero-order chi connectivity index (χ0) is 12.1. The minimum absolute atomic E-state index is 0.751. The summed E-state index contributed by atoms with van der Waals surface area (Å²) in [6.07, 6.45) is 9.85. The fourth-order valence-electron chi connectivity index (χ4n) is 1.96. The van der Waals surface area contributed by atoms with Gasteiger partial charge in [0.2, 0.25) is 0 Å². The summed E-state index contributed by atoms with van der Waals surface area (Å²) in [5.74, 6) is 2.54. The molecule has 0 radical (unpaired) electrons. The molecule has 1 unspecified atom stereocenters. The van der Waals surface area contributed by atoms with E-state index in [0.29, 0.717) is 0 Å². The summed E-state index contributed by atoms with van der Waals surface area (Å²) in [4.78, 5) is 0. The lowest BCUT2D eigenvalue weighted by molar-refractivity contribution is 0.494. The van der Waals surface area contributed by atoms with Crippen LogP contribution in [-0.4, -0.2) is 24.1 Å². The Kier molecular flexibility index (Phi) is 13.6. The summed E-state index contributed by atoms with van der Waals surface area (Å²) >= 11 is 2.07. The topological polar surface area (TPSA) is 12.0 Å². The van der Waals surface area contributed by atoms with Gasteiger partial charge in [-0.15, -0.1) is 0 Å². The zero-order valence-corrected chi connectivity index (χ0v) is 12.4. The van der Waals surface area contributed by atoms with Crippen LogP contribution in [0.3, 0.4) is 0 Å². The standard InChI is InChI=1S/C14H31NS/c1-4-7-8-9-10-11-12-14(15-5-2)13-16-6-3/h14-15H,4-13H2,1-3H3. The minimum Gasteiger partial charge on any atom is -0.313 e. The molecule has 2 heteroatoms. The van der Waals surface area contributed by atoms with Gasteiger partial charge >= 0.3 is 0 Å². The lowest BCUT2D eigenvalue weighted by atomic mass is 10.1. The van der Waals surface area contributed by atoms with Crippen LogP contribution in [0.25, 0.3) is 0 Å². The van der Waals surface area contributed by atoms with Gasteiger partial charge in [-0.2, -0.15) is 11.8 Å². The molecule has 16 heavy (non-hydrogen) atoms. The summed E-state index contributed by atoms with van der Waals surface area (Å²) in [6, 6.07) is 0.751. The largest absolute Gasteiger partial charge is 0.313 e. The van der Waals surface area contributed by atoms with E-state index in [-0.39, 0.29) is 0 Å². The van der Waals surface area contributed by atoms with Crippen LogP contribution >= 0.6 is 11.8 Å². The Hall–Kier alpha value is 0.310. The monoisotopic (exact) mass is 245 g/mol. The molecular weight excluding hydrogens is 214 g/mol. The first-order valence-electron chi connectivity index (χ1n) is 7.16. The van der Waals surface area contributed by atoms with Crippen LogP contribution in [0.1, 0.15) is 65.7 Å². The van der Waals surface area contributed by atoms with E-state index in [2.05, 4.69) is 37.8 Å². The van der Waals surface area contributed by atoms with Crippen molar-refractivity contribution in [2.45, 2.75) is 71.8 Å². The quantitative estimate of drug-likeness (QED) is 0.509. The fraction of sp³-hybridized carbons (Fsp3) is 1.00. The first kappa shape index (κ1) is 16.3. The number of thioether (sulfide) groups is 1. The Morgan fingerprint density at radius 3 is 2.25 bits per heavy atom. The van der Waals surface area contributed by atoms with E-state index in [4.69, 9.17) is 0 Å². The highest BCUT2D eigenvalue weighted by atomic mass is 32.2. The second-order valence-corrected chi connectivity index (χ2v) is 5.79. The van der Waals surface area contributed by atoms with Crippen molar-refractivity contribution in [1.82, 2.24) is 5.32 Å². The number of hydrogen-bond donors (Lipinski definition) is 1. The van der Waals surface area contributed by atoms with Crippen molar-refractivity contribution in [1.29, 1.82) is 0 Å². The van der Waals surface area contributed by atoms with E-state index in [1.54, 1.807) is 0 Å². The van der Waals surface area contributed by atoms with Crippen LogP contribution in [0.4, 0.5) is 0 Å². The van der Waals surface area contributed by atoms with Gasteiger partial charge in [0.15, 0.2) is 0 Å². The van der Waals surface area contributed by atoms with Crippen LogP contribution in [0, 0.1) is 0 Å². The van der Waals surface area contributed by atoms with Crippen molar-refractivity contribution < 1.29 is 0 Å². The van der Waals surface area contributed by atoms with Gasteiger partial charge in [-0.1, -0.05) is 59.3 Å². The molecule has 0 aromatic carbocycles. The van der Waals surface area contributed by atoms with Crippen LogP contribution in [0.2, 0.25) is 0 Å². The molecule has 98 valence electrons. The summed E-state index contributed by atoms with van der Waals surface area (Å²) in [7, 11) is 0. The third kappa shape index (κ3) is 10.8. The Morgan fingerprint density at radius 2 is 1.62 bits per heavy atom. The molecule has 0 aromatic rings. The van der Waals surface area contributed by atoms with Crippen LogP contribution in [0.15, 0.2) is 0 Å². The Balaban J connectivity index is 3.36. The van der Waals surface area contributed by atoms with Crippen LogP contribution < -0.4 is 5.32 Å². The molecular formula is C14H31NS. The van der Waals surface area contributed by atoms with E-state index in [0.717, 1.165) is 12.6 Å². The number of hydrogen-bond acceptors (Lipinski definition) is 2. The normalized spacial score (nSPS) is 12.9. The summed E-state index contributed by atoms with van der Waals surface area (Å²) in [5.41, 5.74) is 0. The number of unbranched alkanes of at least 4 members (excludes halogenated alkanes) is 5. The van der Waals surface area contributed by atoms with Crippen molar-refractivity contribution in [3.8, 4) is 0 Å². The van der Waals surface area contributed by atoms with Crippen molar-refractivity contribution in [2.24, 2.45) is 0 Å². The molecule has 0 aliphatic heterocycles. The van der Waals surface area contributed by atoms with Crippen molar-refractivity contribution >= 4 is 11.8 Å². The molecule has 0 amide bonds. The summed E-state index contributed by atoms with van der Waals surface area (Å²) < 4.78 is 0. The lowest BCUT2D eigenvalue weighted by Crippen LogP contribution is -2.31. The summed E-state index contributed by atoms with van der Waals surface area (Å²) in [5, 5.41) is 3.60. The molecule has 0 aromatic heterocycles. The molecule has 0 bridgehead atoms. The van der Waals surface area contributed by atoms with Gasteiger partial charge in [-0.25, -0.2) is 0 Å². The van der Waals surface area contributed by atoms with E-state index in [1.807, 2.05) is 0 Å². The maximum absolute atomic E-state index is 3.60. The molecule has 0 rings (SSSR count). The van der Waals surface area contributed by atoms with Crippen LogP contribution in [-0.2, 0) is 0 Å². The van der Waals surface area contributed by atoms with E-state index in [9.17, 15) is 0 Å². The molecule has 1 N–H and O–H groups in total. The second-order valence-electron chi connectivity index (χ2n) is 4.47.